The Morgan fingerprint density at radius 1 is 1.38 bits per heavy atom. The number of rotatable bonds is 6. The van der Waals surface area contributed by atoms with Crippen LogP contribution in [-0.2, 0) is 19.6 Å². The average molecular weight is 424 g/mol. The number of carbonyl (C=O) groups is 2. The van der Waals surface area contributed by atoms with Crippen molar-refractivity contribution in [3.8, 4) is 5.75 Å². The van der Waals surface area contributed by atoms with Gasteiger partial charge in [0.2, 0.25) is 15.9 Å². The van der Waals surface area contributed by atoms with Gasteiger partial charge in [-0.15, -0.1) is 0 Å². The number of fused-ring (bicyclic) bond motifs is 1. The average Bonchev–Trinajstić information content (AvgIpc) is 2.67. The van der Waals surface area contributed by atoms with Crippen LogP contribution in [-0.4, -0.2) is 50.8 Å². The van der Waals surface area contributed by atoms with Gasteiger partial charge in [0.1, 0.15) is 5.75 Å². The summed E-state index contributed by atoms with van der Waals surface area (Å²) in [7, 11) is -3.78. The Hall–Kier alpha value is -2.13. The van der Waals surface area contributed by atoms with Crippen LogP contribution in [0.5, 0.6) is 5.75 Å². The molecule has 0 bridgehead atoms. The summed E-state index contributed by atoms with van der Waals surface area (Å²) in [5.41, 5.74) is 0.997. The molecule has 3 rings (SSSR count). The van der Waals surface area contributed by atoms with Crippen LogP contribution in [0.1, 0.15) is 38.7 Å². The molecule has 0 aromatic heterocycles. The zero-order valence-electron chi connectivity index (χ0n) is 17.2. The number of benzene rings is 1. The van der Waals surface area contributed by atoms with E-state index in [1.54, 1.807) is 13.0 Å². The van der Waals surface area contributed by atoms with Gasteiger partial charge in [-0.05, 0) is 43.7 Å². The Labute approximate surface area is 172 Å². The van der Waals surface area contributed by atoms with Crippen LogP contribution < -0.4 is 15.4 Å². The van der Waals surface area contributed by atoms with Crippen LogP contribution >= 0.6 is 0 Å². The second-order valence-electron chi connectivity index (χ2n) is 8.13. The first kappa shape index (κ1) is 21.6. The van der Waals surface area contributed by atoms with Crippen molar-refractivity contribution in [1.82, 2.24) is 9.62 Å². The lowest BCUT2D eigenvalue weighted by Gasteiger charge is -2.32. The second-order valence-corrected chi connectivity index (χ2v) is 10.0. The van der Waals surface area contributed by atoms with E-state index in [0.717, 1.165) is 6.42 Å². The number of amides is 2. The molecule has 0 spiro atoms. The van der Waals surface area contributed by atoms with Gasteiger partial charge in [-0.2, -0.15) is 4.31 Å². The van der Waals surface area contributed by atoms with E-state index < -0.39 is 10.0 Å². The molecule has 2 aliphatic rings. The SMILES string of the molecule is Cc1cc2c(cc1S(=O)(=O)N1CCCC(C(=O)NCCC(C)C)C1)OCC(=O)N2. The fraction of sp³-hybridized carbons (Fsp3) is 0.600. The van der Waals surface area contributed by atoms with E-state index in [1.165, 1.54) is 10.4 Å². The van der Waals surface area contributed by atoms with Gasteiger partial charge in [-0.3, -0.25) is 9.59 Å². The maximum Gasteiger partial charge on any atom is 0.262 e. The summed E-state index contributed by atoms with van der Waals surface area (Å²) in [4.78, 5) is 24.1. The Morgan fingerprint density at radius 3 is 2.86 bits per heavy atom. The lowest BCUT2D eigenvalue weighted by Crippen LogP contribution is -2.45. The molecule has 1 aromatic rings. The number of carbonyl (C=O) groups excluding carboxylic acids is 2. The summed E-state index contributed by atoms with van der Waals surface area (Å²) in [6, 6.07) is 3.07. The number of aryl methyl sites for hydroxylation is 1. The van der Waals surface area contributed by atoms with Gasteiger partial charge in [0.15, 0.2) is 6.61 Å². The molecule has 2 heterocycles. The smallest absolute Gasteiger partial charge is 0.262 e. The van der Waals surface area contributed by atoms with Crippen molar-refractivity contribution in [2.24, 2.45) is 11.8 Å². The Balaban J connectivity index is 1.75. The standard InChI is InChI=1S/C20H29N3O5S/c1-13(2)6-7-21-20(25)15-5-4-8-23(11-15)29(26,27)18-10-17-16(9-14(18)3)22-19(24)12-28-17/h9-10,13,15H,4-8,11-12H2,1-3H3,(H,21,25)(H,22,24). The zero-order valence-corrected chi connectivity index (χ0v) is 18.0. The van der Waals surface area contributed by atoms with Crippen molar-refractivity contribution >= 4 is 27.5 Å². The number of nitrogens with one attached hydrogen (secondary N) is 2. The summed E-state index contributed by atoms with van der Waals surface area (Å²) in [6.45, 7) is 6.89. The van der Waals surface area contributed by atoms with Crippen molar-refractivity contribution in [2.45, 2.75) is 44.9 Å². The Morgan fingerprint density at radius 2 is 2.14 bits per heavy atom. The van der Waals surface area contributed by atoms with Crippen LogP contribution in [0.2, 0.25) is 0 Å². The van der Waals surface area contributed by atoms with Crippen LogP contribution in [0, 0.1) is 18.8 Å². The van der Waals surface area contributed by atoms with E-state index in [9.17, 15) is 18.0 Å². The molecular formula is C20H29N3O5S. The van der Waals surface area contributed by atoms with Crippen LogP contribution in [0.25, 0.3) is 0 Å². The Kier molecular flexibility index (Phi) is 6.48. The summed E-state index contributed by atoms with van der Waals surface area (Å²) in [6.07, 6.45) is 2.21. The normalized spacial score (nSPS) is 20.0. The number of hydrogen-bond acceptors (Lipinski definition) is 5. The minimum Gasteiger partial charge on any atom is -0.482 e. The second kappa shape index (κ2) is 8.71. The van der Waals surface area contributed by atoms with Gasteiger partial charge in [0.05, 0.1) is 16.5 Å². The molecule has 1 aromatic carbocycles. The van der Waals surface area contributed by atoms with Crippen molar-refractivity contribution in [2.75, 3.05) is 31.6 Å². The van der Waals surface area contributed by atoms with Crippen molar-refractivity contribution in [3.05, 3.63) is 17.7 Å². The highest BCUT2D eigenvalue weighted by atomic mass is 32.2. The predicted octanol–water partition coefficient (Wildman–Crippen LogP) is 1.89. The molecule has 0 aliphatic carbocycles. The Bertz CT molecular complexity index is 898. The third-order valence-corrected chi connectivity index (χ3v) is 7.31. The third kappa shape index (κ3) is 4.90. The van der Waals surface area contributed by atoms with E-state index in [2.05, 4.69) is 24.5 Å². The molecule has 160 valence electrons. The van der Waals surface area contributed by atoms with Crippen LogP contribution in [0.4, 0.5) is 5.69 Å². The molecule has 29 heavy (non-hydrogen) atoms. The molecule has 2 N–H and O–H groups in total. The number of piperidine rings is 1. The summed E-state index contributed by atoms with van der Waals surface area (Å²) < 4.78 is 33.3. The molecule has 2 aliphatic heterocycles. The van der Waals surface area contributed by atoms with Crippen molar-refractivity contribution in [3.63, 3.8) is 0 Å². The molecular weight excluding hydrogens is 394 g/mol. The molecule has 2 amide bonds. The first-order valence-electron chi connectivity index (χ1n) is 10.0. The van der Waals surface area contributed by atoms with Gasteiger partial charge in [0.25, 0.3) is 5.91 Å². The highest BCUT2D eigenvalue weighted by molar-refractivity contribution is 7.89. The topological polar surface area (TPSA) is 105 Å². The van der Waals surface area contributed by atoms with E-state index in [0.29, 0.717) is 48.8 Å². The zero-order chi connectivity index (χ0) is 21.2. The third-order valence-electron chi connectivity index (χ3n) is 5.30. The largest absolute Gasteiger partial charge is 0.482 e. The first-order valence-corrected chi connectivity index (χ1v) is 11.5. The highest BCUT2D eigenvalue weighted by Gasteiger charge is 2.35. The quantitative estimate of drug-likeness (QED) is 0.727. The van der Waals surface area contributed by atoms with E-state index in [4.69, 9.17) is 4.74 Å². The molecule has 0 saturated carbocycles. The minimum atomic E-state index is -3.78. The summed E-state index contributed by atoms with van der Waals surface area (Å²) in [5, 5.41) is 5.61. The molecule has 0 radical (unpaired) electrons. The number of sulfonamides is 1. The van der Waals surface area contributed by atoms with E-state index in [1.807, 2.05) is 0 Å². The fourth-order valence-electron chi connectivity index (χ4n) is 3.64. The van der Waals surface area contributed by atoms with Gasteiger partial charge >= 0.3 is 0 Å². The maximum absolute atomic E-state index is 13.3. The molecule has 9 heteroatoms. The fourth-order valence-corrected chi connectivity index (χ4v) is 5.38. The van der Waals surface area contributed by atoms with E-state index in [-0.39, 0.29) is 35.8 Å². The summed E-state index contributed by atoms with van der Waals surface area (Å²) >= 11 is 0. The molecule has 8 nitrogen and oxygen atoms in total. The number of anilines is 1. The summed E-state index contributed by atoms with van der Waals surface area (Å²) in [5.74, 6) is 0.138. The van der Waals surface area contributed by atoms with Crippen LogP contribution in [0.15, 0.2) is 17.0 Å². The monoisotopic (exact) mass is 423 g/mol. The number of ether oxygens (including phenoxy) is 1. The van der Waals surface area contributed by atoms with Crippen molar-refractivity contribution in [1.29, 1.82) is 0 Å². The molecule has 1 fully saturated rings. The highest BCUT2D eigenvalue weighted by Crippen LogP contribution is 2.35. The lowest BCUT2D eigenvalue weighted by atomic mass is 9.98. The molecule has 1 unspecified atom stereocenters. The van der Waals surface area contributed by atoms with Gasteiger partial charge in [0, 0.05) is 25.7 Å². The minimum absolute atomic E-state index is 0.0845. The molecule has 1 saturated heterocycles. The number of nitrogens with zero attached hydrogens (tertiary/aromatic N) is 1. The van der Waals surface area contributed by atoms with Crippen LogP contribution in [0.3, 0.4) is 0 Å². The van der Waals surface area contributed by atoms with Gasteiger partial charge in [-0.1, -0.05) is 13.8 Å². The first-order chi connectivity index (χ1) is 13.7. The lowest BCUT2D eigenvalue weighted by molar-refractivity contribution is -0.126. The van der Waals surface area contributed by atoms with Gasteiger partial charge in [-0.25, -0.2) is 8.42 Å². The van der Waals surface area contributed by atoms with E-state index >= 15 is 0 Å². The van der Waals surface area contributed by atoms with Gasteiger partial charge < -0.3 is 15.4 Å². The number of hydrogen-bond donors (Lipinski definition) is 2. The molecule has 1 atom stereocenters. The maximum atomic E-state index is 13.3. The predicted molar refractivity (Wildman–Crippen MR) is 109 cm³/mol. The van der Waals surface area contributed by atoms with Crippen molar-refractivity contribution < 1.29 is 22.7 Å².